The fourth-order valence-electron chi connectivity index (χ4n) is 3.50. The van der Waals surface area contributed by atoms with Gasteiger partial charge in [-0.05, 0) is 55.0 Å². The minimum Gasteiger partial charge on any atom is -0.493 e. The van der Waals surface area contributed by atoms with E-state index in [0.29, 0.717) is 22.5 Å². The number of benzene rings is 2. The molecule has 1 heterocycles. The van der Waals surface area contributed by atoms with Crippen molar-refractivity contribution in [3.05, 3.63) is 64.1 Å². The number of carbonyl (C=O) groups excluding carboxylic acids is 1. The second-order valence-corrected chi connectivity index (χ2v) is 8.10. The van der Waals surface area contributed by atoms with Crippen molar-refractivity contribution in [2.45, 2.75) is 19.6 Å². The molecule has 1 unspecified atom stereocenters. The second-order valence-electron chi connectivity index (χ2n) is 7.30. The van der Waals surface area contributed by atoms with Crippen LogP contribution in [0.5, 0.6) is 11.5 Å². The quantitative estimate of drug-likeness (QED) is 0.571. The second kappa shape index (κ2) is 9.88. The first kappa shape index (κ1) is 24.7. The predicted octanol–water partition coefficient (Wildman–Crippen LogP) is 4.89. The first-order valence-corrected chi connectivity index (χ1v) is 10.4. The molecule has 0 radical (unpaired) electrons. The normalized spacial score (nSPS) is 16.1. The molecule has 6 nitrogen and oxygen atoms in total. The van der Waals surface area contributed by atoms with Crippen molar-refractivity contribution in [2.75, 3.05) is 26.1 Å². The lowest BCUT2D eigenvalue weighted by atomic mass is 9.93. The number of nitrogens with zero attached hydrogens (tertiary/aromatic N) is 2. The highest BCUT2D eigenvalue weighted by Gasteiger charge is 2.36. The minimum absolute atomic E-state index is 0.0718. The van der Waals surface area contributed by atoms with Crippen LogP contribution in [0.25, 0.3) is 0 Å². The number of thiocarbonyl (C=S) groups is 1. The smallest absolute Gasteiger partial charge is 0.387 e. The van der Waals surface area contributed by atoms with Crippen molar-refractivity contribution >= 4 is 40.5 Å². The highest BCUT2D eigenvalue weighted by molar-refractivity contribution is 7.80. The summed E-state index contributed by atoms with van der Waals surface area (Å²) < 4.78 is 48.8. The molecule has 0 aliphatic carbocycles. The molecule has 2 aromatic carbocycles. The van der Waals surface area contributed by atoms with E-state index in [1.54, 1.807) is 32.0 Å². The Balaban J connectivity index is 2.14. The highest BCUT2D eigenvalue weighted by atomic mass is 35.5. The van der Waals surface area contributed by atoms with E-state index in [1.807, 2.05) is 0 Å². The molecule has 3 rings (SSSR count). The SMILES string of the molecule is COc1cc(C2NC(=S)N(c3ccc(F)c(Cl)c3)C(C)=C2C(=O)N(C)C)ccc1OC(F)F. The van der Waals surface area contributed by atoms with Crippen LogP contribution in [0.3, 0.4) is 0 Å². The van der Waals surface area contributed by atoms with Gasteiger partial charge in [0.25, 0.3) is 5.91 Å². The standard InChI is InChI=1S/C22H21ClF3N3O3S/c1-11-18(20(30)28(2)3)19(12-5-8-16(32-21(25)26)17(9-12)31-4)27-22(33)29(11)13-6-7-15(24)14(23)10-13/h5-10,19,21H,1-4H3,(H,27,33). The Labute approximate surface area is 199 Å². The van der Waals surface area contributed by atoms with Crippen LogP contribution in [0.1, 0.15) is 18.5 Å². The van der Waals surface area contributed by atoms with Gasteiger partial charge in [0.05, 0.1) is 23.7 Å². The zero-order chi connectivity index (χ0) is 24.4. The van der Waals surface area contributed by atoms with Crippen molar-refractivity contribution in [2.24, 2.45) is 0 Å². The monoisotopic (exact) mass is 499 g/mol. The van der Waals surface area contributed by atoms with E-state index in [1.165, 1.54) is 42.3 Å². The number of anilines is 1. The van der Waals surface area contributed by atoms with Crippen molar-refractivity contribution in [1.29, 1.82) is 0 Å². The van der Waals surface area contributed by atoms with Gasteiger partial charge in [-0.25, -0.2) is 4.39 Å². The van der Waals surface area contributed by atoms with Crippen LogP contribution >= 0.6 is 23.8 Å². The molecule has 1 atom stereocenters. The van der Waals surface area contributed by atoms with Crippen molar-refractivity contribution in [3.63, 3.8) is 0 Å². The van der Waals surface area contributed by atoms with Crippen LogP contribution in [0, 0.1) is 5.82 Å². The molecule has 0 saturated carbocycles. The van der Waals surface area contributed by atoms with Gasteiger partial charge < -0.3 is 19.7 Å². The van der Waals surface area contributed by atoms with Gasteiger partial charge in [-0.2, -0.15) is 8.78 Å². The summed E-state index contributed by atoms with van der Waals surface area (Å²) in [7, 11) is 4.53. The fraction of sp³-hybridized carbons (Fsp3) is 0.273. The summed E-state index contributed by atoms with van der Waals surface area (Å²) in [6, 6.07) is 7.78. The molecule has 2 aromatic rings. The maximum Gasteiger partial charge on any atom is 0.387 e. The third-order valence-corrected chi connectivity index (χ3v) is 5.61. The Hall–Kier alpha value is -2.98. The summed E-state index contributed by atoms with van der Waals surface area (Å²) in [5.41, 5.74) is 1.85. The predicted molar refractivity (Wildman–Crippen MR) is 123 cm³/mol. The summed E-state index contributed by atoms with van der Waals surface area (Å²) in [6.45, 7) is -1.31. The molecule has 1 N–H and O–H groups in total. The Kier molecular flexibility index (Phi) is 7.38. The van der Waals surface area contributed by atoms with E-state index in [2.05, 4.69) is 10.1 Å². The van der Waals surface area contributed by atoms with Gasteiger partial charge in [0.1, 0.15) is 5.82 Å². The van der Waals surface area contributed by atoms with Crippen molar-refractivity contribution < 1.29 is 27.4 Å². The number of halogens is 4. The Morgan fingerprint density at radius 1 is 1.21 bits per heavy atom. The van der Waals surface area contributed by atoms with Crippen LogP contribution in [0.2, 0.25) is 5.02 Å². The third kappa shape index (κ3) is 5.01. The minimum atomic E-state index is -3.02. The van der Waals surface area contributed by atoms with E-state index < -0.39 is 18.5 Å². The lowest BCUT2D eigenvalue weighted by Gasteiger charge is -2.38. The maximum atomic E-state index is 13.7. The first-order valence-electron chi connectivity index (χ1n) is 9.66. The summed E-state index contributed by atoms with van der Waals surface area (Å²) in [5, 5.41) is 3.26. The first-order chi connectivity index (χ1) is 15.5. The van der Waals surface area contributed by atoms with E-state index in [0.717, 1.165) is 0 Å². The number of amides is 1. The largest absolute Gasteiger partial charge is 0.493 e. The lowest BCUT2D eigenvalue weighted by Crippen LogP contribution is -2.49. The van der Waals surface area contributed by atoms with E-state index in [9.17, 15) is 18.0 Å². The number of ether oxygens (including phenoxy) is 2. The zero-order valence-electron chi connectivity index (χ0n) is 18.2. The average Bonchev–Trinajstić information content (AvgIpc) is 2.75. The Morgan fingerprint density at radius 2 is 1.91 bits per heavy atom. The van der Waals surface area contributed by atoms with E-state index in [4.69, 9.17) is 28.6 Å². The molecule has 0 fully saturated rings. The number of hydrogen-bond acceptors (Lipinski definition) is 4. The van der Waals surface area contributed by atoms with Gasteiger partial charge in [-0.3, -0.25) is 9.69 Å². The number of likely N-dealkylation sites (N-methyl/N-ethyl adjacent to an activating group) is 1. The molecule has 176 valence electrons. The third-order valence-electron chi connectivity index (χ3n) is 5.02. The molecule has 33 heavy (non-hydrogen) atoms. The fourth-order valence-corrected chi connectivity index (χ4v) is 4.04. The molecule has 0 bridgehead atoms. The molecule has 0 aromatic heterocycles. The highest BCUT2D eigenvalue weighted by Crippen LogP contribution is 2.38. The molecule has 11 heteroatoms. The van der Waals surface area contributed by atoms with Gasteiger partial charge in [0, 0.05) is 25.5 Å². The van der Waals surface area contributed by atoms with Crippen molar-refractivity contribution in [1.82, 2.24) is 10.2 Å². The Morgan fingerprint density at radius 3 is 2.48 bits per heavy atom. The Bertz CT molecular complexity index is 1130. The van der Waals surface area contributed by atoms with Gasteiger partial charge >= 0.3 is 6.61 Å². The van der Waals surface area contributed by atoms with Crippen LogP contribution in [0.4, 0.5) is 18.9 Å². The topological polar surface area (TPSA) is 54.0 Å². The number of nitrogens with one attached hydrogen (secondary N) is 1. The van der Waals surface area contributed by atoms with Gasteiger partial charge in [0.15, 0.2) is 16.6 Å². The van der Waals surface area contributed by atoms with Crippen LogP contribution in [0.15, 0.2) is 47.7 Å². The summed E-state index contributed by atoms with van der Waals surface area (Å²) in [4.78, 5) is 16.2. The molecule has 0 saturated heterocycles. The zero-order valence-corrected chi connectivity index (χ0v) is 19.7. The van der Waals surface area contributed by atoms with Crippen molar-refractivity contribution in [3.8, 4) is 11.5 Å². The number of methoxy groups -OCH3 is 1. The molecule has 1 aliphatic rings. The van der Waals surface area contributed by atoms with Crippen LogP contribution < -0.4 is 19.7 Å². The summed E-state index contributed by atoms with van der Waals surface area (Å²) in [5.74, 6) is -0.961. The van der Waals surface area contributed by atoms with Crippen LogP contribution in [-0.4, -0.2) is 43.7 Å². The number of alkyl halides is 2. The van der Waals surface area contributed by atoms with E-state index in [-0.39, 0.29) is 27.5 Å². The summed E-state index contributed by atoms with van der Waals surface area (Å²) >= 11 is 11.5. The average molecular weight is 500 g/mol. The number of allylic oxidation sites excluding steroid dienone is 1. The maximum absolute atomic E-state index is 13.7. The molecule has 1 aliphatic heterocycles. The lowest BCUT2D eigenvalue weighted by molar-refractivity contribution is -0.125. The molecule has 1 amide bonds. The van der Waals surface area contributed by atoms with Gasteiger partial charge in [-0.1, -0.05) is 17.7 Å². The number of carbonyl (C=O) groups is 1. The molecular weight excluding hydrogens is 479 g/mol. The number of rotatable bonds is 6. The van der Waals surface area contributed by atoms with Crippen LogP contribution in [-0.2, 0) is 4.79 Å². The van der Waals surface area contributed by atoms with Gasteiger partial charge in [0.2, 0.25) is 0 Å². The molecular formula is C22H21ClF3N3O3S. The molecule has 0 spiro atoms. The summed E-state index contributed by atoms with van der Waals surface area (Å²) in [6.07, 6.45) is 0. The number of hydrogen-bond donors (Lipinski definition) is 1. The van der Waals surface area contributed by atoms with E-state index >= 15 is 0 Å². The van der Waals surface area contributed by atoms with Gasteiger partial charge in [-0.15, -0.1) is 0 Å².